The van der Waals surface area contributed by atoms with Gasteiger partial charge in [-0.25, -0.2) is 4.79 Å². The molecule has 6 heteroatoms. The number of ether oxygens (including phenoxy) is 2. The second-order valence-electron chi connectivity index (χ2n) is 4.86. The Morgan fingerprint density at radius 3 is 2.79 bits per heavy atom. The van der Waals surface area contributed by atoms with Gasteiger partial charge in [0.2, 0.25) is 5.91 Å². The Morgan fingerprint density at radius 2 is 2.11 bits per heavy atom. The van der Waals surface area contributed by atoms with Crippen LogP contribution in [0.2, 0.25) is 0 Å². The fraction of sp³-hybridized carbons (Fsp3) is 0.692. The van der Waals surface area contributed by atoms with Crippen LogP contribution in [0.3, 0.4) is 0 Å². The maximum atomic E-state index is 12.0. The fourth-order valence-corrected chi connectivity index (χ4v) is 2.36. The van der Waals surface area contributed by atoms with Gasteiger partial charge in [0.15, 0.2) is 0 Å². The Morgan fingerprint density at radius 1 is 1.37 bits per heavy atom. The lowest BCUT2D eigenvalue weighted by atomic mass is 10.0. The lowest BCUT2D eigenvalue weighted by molar-refractivity contribution is -0.148. The molecule has 0 unspecified atom stereocenters. The third-order valence-corrected chi connectivity index (χ3v) is 3.42. The zero-order valence-electron chi connectivity index (χ0n) is 10.7. The standard InChI is InChI=1S/C13H19NO5/c15-12(16)8-19-11-5-6-18-7-10(11)14-13(17)9-3-1-2-4-9/h1-2,9-11H,3-8H2,(H,14,17)(H,15,16)/t10-,11+/m0/s1. The van der Waals surface area contributed by atoms with Crippen LogP contribution in [0.25, 0.3) is 0 Å². The Bertz CT molecular complexity index is 360. The van der Waals surface area contributed by atoms with E-state index in [4.69, 9.17) is 14.6 Å². The van der Waals surface area contributed by atoms with Crippen molar-refractivity contribution in [1.82, 2.24) is 5.32 Å². The van der Waals surface area contributed by atoms with E-state index >= 15 is 0 Å². The zero-order chi connectivity index (χ0) is 13.7. The fourth-order valence-electron chi connectivity index (χ4n) is 2.36. The van der Waals surface area contributed by atoms with Crippen LogP contribution in [0, 0.1) is 5.92 Å². The van der Waals surface area contributed by atoms with Crippen LogP contribution in [0.5, 0.6) is 0 Å². The highest BCUT2D eigenvalue weighted by Gasteiger charge is 2.30. The van der Waals surface area contributed by atoms with E-state index in [1.54, 1.807) is 0 Å². The van der Waals surface area contributed by atoms with Crippen LogP contribution < -0.4 is 5.32 Å². The highest BCUT2D eigenvalue weighted by Crippen LogP contribution is 2.19. The summed E-state index contributed by atoms with van der Waals surface area (Å²) in [5.74, 6) is -1.02. The molecule has 2 aliphatic rings. The molecule has 2 rings (SSSR count). The number of carbonyl (C=O) groups excluding carboxylic acids is 1. The molecule has 19 heavy (non-hydrogen) atoms. The summed E-state index contributed by atoms with van der Waals surface area (Å²) in [5, 5.41) is 11.5. The molecule has 1 aliphatic heterocycles. The first kappa shape index (κ1) is 14.0. The predicted octanol–water partition coefficient (Wildman–Crippen LogP) is 0.327. The summed E-state index contributed by atoms with van der Waals surface area (Å²) in [5.41, 5.74) is 0. The summed E-state index contributed by atoms with van der Waals surface area (Å²) in [6.07, 6.45) is 5.84. The van der Waals surface area contributed by atoms with Gasteiger partial charge in [-0.2, -0.15) is 0 Å². The molecule has 0 aromatic rings. The van der Waals surface area contributed by atoms with E-state index in [-0.39, 0.29) is 30.6 Å². The van der Waals surface area contributed by atoms with Gasteiger partial charge in [-0.1, -0.05) is 12.2 Å². The van der Waals surface area contributed by atoms with Crippen molar-refractivity contribution < 1.29 is 24.2 Å². The van der Waals surface area contributed by atoms with E-state index in [9.17, 15) is 9.59 Å². The van der Waals surface area contributed by atoms with Gasteiger partial charge in [-0.3, -0.25) is 4.79 Å². The van der Waals surface area contributed by atoms with Crippen LogP contribution >= 0.6 is 0 Å². The molecule has 1 aliphatic carbocycles. The summed E-state index contributed by atoms with van der Waals surface area (Å²) in [7, 11) is 0. The first-order valence-corrected chi connectivity index (χ1v) is 6.53. The molecule has 106 valence electrons. The van der Waals surface area contributed by atoms with Gasteiger partial charge >= 0.3 is 5.97 Å². The molecule has 1 heterocycles. The number of aliphatic carboxylic acids is 1. The third kappa shape index (κ3) is 4.04. The highest BCUT2D eigenvalue weighted by atomic mass is 16.5. The molecule has 1 saturated heterocycles. The number of carboxylic acid groups (broad SMARTS) is 1. The van der Waals surface area contributed by atoms with Crippen molar-refractivity contribution in [3.8, 4) is 0 Å². The molecular formula is C13H19NO5. The second kappa shape index (κ2) is 6.68. The minimum Gasteiger partial charge on any atom is -0.480 e. The summed E-state index contributed by atoms with van der Waals surface area (Å²) in [6.45, 7) is 0.555. The van der Waals surface area contributed by atoms with Crippen LogP contribution in [0.15, 0.2) is 12.2 Å². The Labute approximate surface area is 111 Å². The average Bonchev–Trinajstić information content (AvgIpc) is 2.91. The van der Waals surface area contributed by atoms with Crippen molar-refractivity contribution in [3.05, 3.63) is 12.2 Å². The first-order valence-electron chi connectivity index (χ1n) is 6.53. The summed E-state index contributed by atoms with van der Waals surface area (Å²) in [6, 6.07) is -0.263. The number of nitrogens with one attached hydrogen (secondary N) is 1. The number of hydrogen-bond donors (Lipinski definition) is 2. The lowest BCUT2D eigenvalue weighted by Gasteiger charge is -2.32. The van der Waals surface area contributed by atoms with Crippen molar-refractivity contribution >= 4 is 11.9 Å². The molecule has 1 amide bonds. The molecule has 2 atom stereocenters. The number of rotatable bonds is 5. The van der Waals surface area contributed by atoms with Gasteiger partial charge < -0.3 is 19.9 Å². The maximum absolute atomic E-state index is 12.0. The van der Waals surface area contributed by atoms with E-state index in [0.717, 1.165) is 12.8 Å². The molecule has 0 spiro atoms. The summed E-state index contributed by atoms with van der Waals surface area (Å²) >= 11 is 0. The minimum atomic E-state index is -1.00. The van der Waals surface area contributed by atoms with E-state index in [1.165, 1.54) is 0 Å². The van der Waals surface area contributed by atoms with Gasteiger partial charge in [0.1, 0.15) is 6.61 Å². The van der Waals surface area contributed by atoms with Crippen molar-refractivity contribution in [3.63, 3.8) is 0 Å². The first-order chi connectivity index (χ1) is 9.16. The Kier molecular flexibility index (Phi) is 4.93. The van der Waals surface area contributed by atoms with E-state index in [0.29, 0.717) is 19.6 Å². The third-order valence-electron chi connectivity index (χ3n) is 3.42. The molecule has 1 fully saturated rings. The van der Waals surface area contributed by atoms with Gasteiger partial charge in [0, 0.05) is 12.5 Å². The van der Waals surface area contributed by atoms with Crippen molar-refractivity contribution in [2.75, 3.05) is 19.8 Å². The molecule has 2 N–H and O–H groups in total. The molecule has 0 aromatic carbocycles. The topological polar surface area (TPSA) is 84.9 Å². The van der Waals surface area contributed by atoms with E-state index in [2.05, 4.69) is 5.32 Å². The number of allylic oxidation sites excluding steroid dienone is 2. The normalized spacial score (nSPS) is 27.4. The summed E-state index contributed by atoms with van der Waals surface area (Å²) < 4.78 is 10.6. The number of hydrogen-bond acceptors (Lipinski definition) is 4. The molecule has 0 aromatic heterocycles. The predicted molar refractivity (Wildman–Crippen MR) is 66.6 cm³/mol. The number of amides is 1. The Balaban J connectivity index is 1.84. The van der Waals surface area contributed by atoms with E-state index in [1.807, 2.05) is 12.2 Å². The van der Waals surface area contributed by atoms with Crippen LogP contribution in [-0.2, 0) is 19.1 Å². The number of carbonyl (C=O) groups is 2. The average molecular weight is 269 g/mol. The van der Waals surface area contributed by atoms with Gasteiger partial charge in [0.05, 0.1) is 18.8 Å². The van der Waals surface area contributed by atoms with Crippen LogP contribution in [-0.4, -0.2) is 48.9 Å². The van der Waals surface area contributed by atoms with Crippen molar-refractivity contribution in [2.24, 2.45) is 5.92 Å². The van der Waals surface area contributed by atoms with Gasteiger partial charge in [-0.05, 0) is 19.3 Å². The van der Waals surface area contributed by atoms with E-state index < -0.39 is 5.97 Å². The smallest absolute Gasteiger partial charge is 0.329 e. The lowest BCUT2D eigenvalue weighted by Crippen LogP contribution is -2.52. The van der Waals surface area contributed by atoms with Crippen molar-refractivity contribution in [2.45, 2.75) is 31.4 Å². The second-order valence-corrected chi connectivity index (χ2v) is 4.86. The molecular weight excluding hydrogens is 250 g/mol. The molecule has 0 bridgehead atoms. The highest BCUT2D eigenvalue weighted by molar-refractivity contribution is 5.79. The minimum absolute atomic E-state index is 0.00979. The maximum Gasteiger partial charge on any atom is 0.329 e. The molecule has 0 radical (unpaired) electrons. The quantitative estimate of drug-likeness (QED) is 0.702. The number of carboxylic acids is 1. The monoisotopic (exact) mass is 269 g/mol. The Hall–Kier alpha value is -1.40. The van der Waals surface area contributed by atoms with Crippen molar-refractivity contribution in [1.29, 1.82) is 0 Å². The van der Waals surface area contributed by atoms with Crippen LogP contribution in [0.4, 0.5) is 0 Å². The van der Waals surface area contributed by atoms with Crippen LogP contribution in [0.1, 0.15) is 19.3 Å². The zero-order valence-corrected chi connectivity index (χ0v) is 10.7. The largest absolute Gasteiger partial charge is 0.480 e. The molecule has 6 nitrogen and oxygen atoms in total. The molecule has 0 saturated carbocycles. The van der Waals surface area contributed by atoms with Gasteiger partial charge in [-0.15, -0.1) is 0 Å². The van der Waals surface area contributed by atoms with Gasteiger partial charge in [0.25, 0.3) is 0 Å². The SMILES string of the molecule is O=C(O)CO[C@@H]1CCOC[C@@H]1NC(=O)C1CC=CC1. The summed E-state index contributed by atoms with van der Waals surface area (Å²) in [4.78, 5) is 22.5.